The third kappa shape index (κ3) is 5.81. The Morgan fingerprint density at radius 3 is 2.27 bits per heavy atom. The van der Waals surface area contributed by atoms with Gasteiger partial charge in [0.05, 0.1) is 13.1 Å². The van der Waals surface area contributed by atoms with Crippen LogP contribution in [0.5, 0.6) is 0 Å². The number of aryl methyl sites for hydroxylation is 2. The lowest BCUT2D eigenvalue weighted by molar-refractivity contribution is -0.119. The summed E-state index contributed by atoms with van der Waals surface area (Å²) in [5.41, 5.74) is 4.92. The Hall–Kier alpha value is -1.93. The summed E-state index contributed by atoms with van der Waals surface area (Å²) in [7, 11) is 1.75. The maximum absolute atomic E-state index is 12.2. The number of carbonyl (C=O) groups is 2. The lowest BCUT2D eigenvalue weighted by Crippen LogP contribution is -2.36. The molecule has 2 aromatic rings. The Labute approximate surface area is 168 Å². The van der Waals surface area contributed by atoms with Gasteiger partial charge in [0.15, 0.2) is 0 Å². The Morgan fingerprint density at radius 1 is 0.962 bits per heavy atom. The molecule has 0 radical (unpaired) electrons. The molecule has 0 saturated carbocycles. The van der Waals surface area contributed by atoms with Crippen molar-refractivity contribution in [2.75, 3.05) is 30.8 Å². The second-order valence-electron chi connectivity index (χ2n) is 6.48. The van der Waals surface area contributed by atoms with Crippen molar-refractivity contribution >= 4 is 45.8 Å². The first-order valence-corrected chi connectivity index (χ1v) is 9.44. The van der Waals surface area contributed by atoms with Crippen molar-refractivity contribution in [3.8, 4) is 0 Å². The Morgan fingerprint density at radius 2 is 1.62 bits per heavy atom. The molecule has 0 spiro atoms. The van der Waals surface area contributed by atoms with Gasteiger partial charge in [-0.3, -0.25) is 14.5 Å². The summed E-state index contributed by atoms with van der Waals surface area (Å²) < 4.78 is 1.10. The van der Waals surface area contributed by atoms with E-state index in [9.17, 15) is 9.59 Å². The van der Waals surface area contributed by atoms with Gasteiger partial charge in [-0.15, -0.1) is 0 Å². The number of amides is 2. The minimum atomic E-state index is -0.147. The topological polar surface area (TPSA) is 61.4 Å². The smallest absolute Gasteiger partial charge is 0.238 e. The van der Waals surface area contributed by atoms with Crippen LogP contribution < -0.4 is 10.6 Å². The molecule has 6 heteroatoms. The second-order valence-corrected chi connectivity index (χ2v) is 7.64. The van der Waals surface area contributed by atoms with Crippen molar-refractivity contribution in [1.82, 2.24) is 4.90 Å². The zero-order chi connectivity index (χ0) is 19.3. The fourth-order valence-corrected chi connectivity index (χ4v) is 3.01. The molecule has 138 valence electrons. The van der Waals surface area contributed by atoms with E-state index in [0.717, 1.165) is 26.1 Å². The number of likely N-dealkylation sites (N-methyl/N-ethyl adjacent to an activating group) is 1. The molecule has 0 aromatic heterocycles. The minimum absolute atomic E-state index is 0.140. The van der Waals surface area contributed by atoms with Gasteiger partial charge in [-0.25, -0.2) is 0 Å². The first-order chi connectivity index (χ1) is 12.3. The third-order valence-electron chi connectivity index (χ3n) is 4.16. The van der Waals surface area contributed by atoms with Gasteiger partial charge >= 0.3 is 0 Å². The zero-order valence-electron chi connectivity index (χ0n) is 15.5. The van der Waals surface area contributed by atoms with E-state index >= 15 is 0 Å². The first-order valence-electron chi connectivity index (χ1n) is 8.37. The molecule has 0 bridgehead atoms. The maximum Gasteiger partial charge on any atom is 0.238 e. The predicted octanol–water partition coefficient (Wildman–Crippen LogP) is 3.73. The van der Waals surface area contributed by atoms with Crippen molar-refractivity contribution in [3.63, 3.8) is 0 Å². The lowest BCUT2D eigenvalue weighted by atomic mass is 10.1. The van der Waals surface area contributed by atoms with E-state index < -0.39 is 0 Å². The van der Waals surface area contributed by atoms with Crippen LogP contribution in [0, 0.1) is 24.3 Å². The summed E-state index contributed by atoms with van der Waals surface area (Å²) in [6.07, 6.45) is 0. The highest BCUT2D eigenvalue weighted by atomic mass is 127. The van der Waals surface area contributed by atoms with Crippen molar-refractivity contribution in [2.24, 2.45) is 0 Å². The van der Waals surface area contributed by atoms with Crippen molar-refractivity contribution in [1.29, 1.82) is 0 Å². The van der Waals surface area contributed by atoms with Crippen LogP contribution in [0.3, 0.4) is 0 Å². The molecule has 2 aromatic carbocycles. The van der Waals surface area contributed by atoms with Gasteiger partial charge in [-0.2, -0.15) is 0 Å². The summed E-state index contributed by atoms with van der Waals surface area (Å²) in [5, 5.41) is 5.77. The molecule has 0 saturated heterocycles. The van der Waals surface area contributed by atoms with Crippen LogP contribution in [-0.2, 0) is 9.59 Å². The highest BCUT2D eigenvalue weighted by molar-refractivity contribution is 14.1. The number of anilines is 2. The van der Waals surface area contributed by atoms with Crippen LogP contribution in [0.15, 0.2) is 36.4 Å². The summed E-state index contributed by atoms with van der Waals surface area (Å²) in [5.74, 6) is -0.287. The highest BCUT2D eigenvalue weighted by Gasteiger charge is 2.12. The normalized spacial score (nSPS) is 10.7. The first kappa shape index (κ1) is 20.4. The summed E-state index contributed by atoms with van der Waals surface area (Å²) in [6, 6.07) is 11.6. The van der Waals surface area contributed by atoms with Crippen molar-refractivity contribution in [2.45, 2.75) is 20.8 Å². The number of benzene rings is 2. The van der Waals surface area contributed by atoms with Crippen LogP contribution in [0.1, 0.15) is 16.7 Å². The Bertz CT molecular complexity index is 821. The fourth-order valence-electron chi connectivity index (χ4n) is 2.49. The number of hydrogen-bond acceptors (Lipinski definition) is 3. The van der Waals surface area contributed by atoms with Gasteiger partial charge in [-0.1, -0.05) is 18.2 Å². The van der Waals surface area contributed by atoms with E-state index in [1.54, 1.807) is 11.9 Å². The largest absolute Gasteiger partial charge is 0.325 e. The van der Waals surface area contributed by atoms with E-state index in [1.807, 2.05) is 57.2 Å². The molecule has 2 amide bonds. The SMILES string of the molecule is Cc1ccc(NC(=O)CN(C)CC(=O)Nc2cccc(C)c2C)cc1I. The molecule has 2 N–H and O–H groups in total. The Balaban J connectivity index is 1.86. The lowest BCUT2D eigenvalue weighted by Gasteiger charge is -2.17. The standard InChI is InChI=1S/C20H24IN3O2/c1-13-6-5-7-18(15(13)3)23-20(26)12-24(4)11-19(25)22-16-9-8-14(2)17(21)10-16/h5-10H,11-12H2,1-4H3,(H,22,25)(H,23,26). The number of nitrogens with one attached hydrogen (secondary N) is 2. The molecule has 0 aliphatic carbocycles. The van der Waals surface area contributed by atoms with E-state index in [1.165, 1.54) is 5.56 Å². The van der Waals surface area contributed by atoms with Crippen molar-refractivity contribution < 1.29 is 9.59 Å². The van der Waals surface area contributed by atoms with Crippen LogP contribution in [0.25, 0.3) is 0 Å². The molecule has 5 nitrogen and oxygen atoms in total. The quantitative estimate of drug-likeness (QED) is 0.640. The molecule has 0 unspecified atom stereocenters. The molecule has 2 rings (SSSR count). The highest BCUT2D eigenvalue weighted by Crippen LogP contribution is 2.18. The van der Waals surface area contributed by atoms with Crippen LogP contribution >= 0.6 is 22.6 Å². The van der Waals surface area contributed by atoms with Crippen LogP contribution in [0.2, 0.25) is 0 Å². The molecule has 0 atom stereocenters. The zero-order valence-corrected chi connectivity index (χ0v) is 17.7. The molecule has 26 heavy (non-hydrogen) atoms. The third-order valence-corrected chi connectivity index (χ3v) is 5.32. The Kier molecular flexibility index (Phi) is 7.16. The number of rotatable bonds is 6. The minimum Gasteiger partial charge on any atom is -0.325 e. The molecular weight excluding hydrogens is 441 g/mol. The van der Waals surface area contributed by atoms with E-state index in [4.69, 9.17) is 0 Å². The number of carbonyl (C=O) groups excluding carboxylic acids is 2. The summed E-state index contributed by atoms with van der Waals surface area (Å²) >= 11 is 2.24. The molecule has 0 fully saturated rings. The van der Waals surface area contributed by atoms with Gasteiger partial charge in [0.1, 0.15) is 0 Å². The number of hydrogen-bond donors (Lipinski definition) is 2. The average molecular weight is 465 g/mol. The van der Waals surface area contributed by atoms with Gasteiger partial charge in [-0.05, 0) is 85.3 Å². The number of nitrogens with zero attached hydrogens (tertiary/aromatic N) is 1. The van der Waals surface area contributed by atoms with E-state index in [-0.39, 0.29) is 24.9 Å². The van der Waals surface area contributed by atoms with Gasteiger partial charge in [0, 0.05) is 14.9 Å². The predicted molar refractivity (Wildman–Crippen MR) is 115 cm³/mol. The van der Waals surface area contributed by atoms with Crippen molar-refractivity contribution in [3.05, 3.63) is 56.7 Å². The van der Waals surface area contributed by atoms with E-state index in [0.29, 0.717) is 0 Å². The van der Waals surface area contributed by atoms with Gasteiger partial charge in [0.25, 0.3) is 0 Å². The molecular formula is C20H24IN3O2. The maximum atomic E-state index is 12.2. The van der Waals surface area contributed by atoms with Crippen LogP contribution in [0.4, 0.5) is 11.4 Å². The fraction of sp³-hybridized carbons (Fsp3) is 0.300. The molecule has 0 aliphatic heterocycles. The second kappa shape index (κ2) is 9.14. The summed E-state index contributed by atoms with van der Waals surface area (Å²) in [4.78, 5) is 26.1. The van der Waals surface area contributed by atoms with Gasteiger partial charge in [0.2, 0.25) is 11.8 Å². The van der Waals surface area contributed by atoms with Crippen LogP contribution in [-0.4, -0.2) is 36.9 Å². The molecule has 0 heterocycles. The monoisotopic (exact) mass is 465 g/mol. The average Bonchev–Trinajstić information content (AvgIpc) is 2.55. The number of halogens is 1. The van der Waals surface area contributed by atoms with Gasteiger partial charge < -0.3 is 10.6 Å². The summed E-state index contributed by atoms with van der Waals surface area (Å²) in [6.45, 7) is 6.30. The molecule has 0 aliphatic rings. The van der Waals surface area contributed by atoms with E-state index in [2.05, 4.69) is 33.2 Å².